The molecule has 7 heteroatoms. The number of carbonyl (C=O) groups is 2. The molecule has 0 aliphatic rings. The molecule has 140 valence electrons. The molecule has 0 atom stereocenters. The number of hydrogen-bond donors (Lipinski definition) is 2. The van der Waals surface area contributed by atoms with Gasteiger partial charge in [-0.1, -0.05) is 20.8 Å². The van der Waals surface area contributed by atoms with Gasteiger partial charge in [0.2, 0.25) is 5.91 Å². The zero-order valence-electron chi connectivity index (χ0n) is 15.4. The number of ether oxygens (including phenoxy) is 3. The molecule has 2 amide bonds. The molecule has 0 spiro atoms. The molecular formula is C18H28N2O5. The average molecular weight is 352 g/mol. The van der Waals surface area contributed by atoms with Gasteiger partial charge in [-0.05, 0) is 30.5 Å². The second-order valence-corrected chi connectivity index (χ2v) is 5.94. The molecular weight excluding hydrogens is 324 g/mol. The number of nitrogens with one attached hydrogen (secondary N) is 2. The van der Waals surface area contributed by atoms with Gasteiger partial charge in [-0.25, -0.2) is 0 Å². The Morgan fingerprint density at radius 3 is 2.52 bits per heavy atom. The van der Waals surface area contributed by atoms with Crippen molar-refractivity contribution in [3.63, 3.8) is 0 Å². The van der Waals surface area contributed by atoms with Gasteiger partial charge in [0.05, 0.1) is 26.7 Å². The number of hydrogen-bond acceptors (Lipinski definition) is 5. The fraction of sp³-hybridized carbons (Fsp3) is 0.556. The topological polar surface area (TPSA) is 85.9 Å². The van der Waals surface area contributed by atoms with E-state index in [9.17, 15) is 9.59 Å². The van der Waals surface area contributed by atoms with Gasteiger partial charge in [0.25, 0.3) is 5.91 Å². The maximum atomic E-state index is 12.1. The fourth-order valence-corrected chi connectivity index (χ4v) is 1.89. The normalized spacial score (nSPS) is 10.4. The SMILES string of the molecule is CCCOc1ccc(C(=O)NNC(=O)CCOCC(C)C)cc1OC. The van der Waals surface area contributed by atoms with Crippen LogP contribution in [0.2, 0.25) is 0 Å². The van der Waals surface area contributed by atoms with Crippen LogP contribution in [-0.2, 0) is 9.53 Å². The van der Waals surface area contributed by atoms with Crippen LogP contribution in [0.25, 0.3) is 0 Å². The van der Waals surface area contributed by atoms with Crippen molar-refractivity contribution >= 4 is 11.8 Å². The summed E-state index contributed by atoms with van der Waals surface area (Å²) in [5.74, 6) is 0.715. The molecule has 0 heterocycles. The maximum Gasteiger partial charge on any atom is 0.269 e. The molecule has 1 aromatic carbocycles. The Kier molecular flexibility index (Phi) is 9.39. The Morgan fingerprint density at radius 2 is 1.88 bits per heavy atom. The molecule has 2 N–H and O–H groups in total. The van der Waals surface area contributed by atoms with E-state index in [1.54, 1.807) is 18.2 Å². The summed E-state index contributed by atoms with van der Waals surface area (Å²) in [6, 6.07) is 4.85. The van der Waals surface area contributed by atoms with Crippen LogP contribution in [0, 0.1) is 5.92 Å². The van der Waals surface area contributed by atoms with Gasteiger partial charge < -0.3 is 14.2 Å². The Hall–Kier alpha value is -2.28. The van der Waals surface area contributed by atoms with E-state index in [2.05, 4.69) is 10.9 Å². The van der Waals surface area contributed by atoms with Crippen molar-refractivity contribution in [2.75, 3.05) is 26.9 Å². The third-order valence-electron chi connectivity index (χ3n) is 3.13. The second-order valence-electron chi connectivity index (χ2n) is 5.94. The number of benzene rings is 1. The fourth-order valence-electron chi connectivity index (χ4n) is 1.89. The van der Waals surface area contributed by atoms with Crippen molar-refractivity contribution in [1.29, 1.82) is 0 Å². The van der Waals surface area contributed by atoms with Crippen LogP contribution in [0.3, 0.4) is 0 Å². The number of carbonyl (C=O) groups excluding carboxylic acids is 2. The third kappa shape index (κ3) is 7.89. The van der Waals surface area contributed by atoms with Gasteiger partial charge >= 0.3 is 0 Å². The van der Waals surface area contributed by atoms with Crippen molar-refractivity contribution in [3.05, 3.63) is 23.8 Å². The van der Waals surface area contributed by atoms with E-state index < -0.39 is 5.91 Å². The van der Waals surface area contributed by atoms with Crippen LogP contribution < -0.4 is 20.3 Å². The quantitative estimate of drug-likeness (QED) is 0.498. The molecule has 0 fully saturated rings. The van der Waals surface area contributed by atoms with E-state index in [4.69, 9.17) is 14.2 Å². The number of rotatable bonds is 10. The van der Waals surface area contributed by atoms with Crippen molar-refractivity contribution in [2.45, 2.75) is 33.6 Å². The van der Waals surface area contributed by atoms with E-state index in [-0.39, 0.29) is 12.3 Å². The predicted octanol–water partition coefficient (Wildman–Crippen LogP) is 2.31. The smallest absolute Gasteiger partial charge is 0.269 e. The first-order chi connectivity index (χ1) is 12.0. The largest absolute Gasteiger partial charge is 0.493 e. The van der Waals surface area contributed by atoms with E-state index in [0.717, 1.165) is 6.42 Å². The summed E-state index contributed by atoms with van der Waals surface area (Å²) in [6.07, 6.45) is 1.05. The molecule has 0 saturated carbocycles. The highest BCUT2D eigenvalue weighted by atomic mass is 16.5. The lowest BCUT2D eigenvalue weighted by Crippen LogP contribution is -2.42. The molecule has 0 aliphatic carbocycles. The summed E-state index contributed by atoms with van der Waals surface area (Å²) in [5, 5.41) is 0. The molecule has 0 saturated heterocycles. The standard InChI is InChI=1S/C18H28N2O5/c1-5-9-25-15-7-6-14(11-16(15)23-4)18(22)20-19-17(21)8-10-24-12-13(2)3/h6-7,11,13H,5,8-10,12H2,1-4H3,(H,19,21)(H,20,22). The van der Waals surface area contributed by atoms with Gasteiger partial charge in [-0.15, -0.1) is 0 Å². The maximum absolute atomic E-state index is 12.1. The highest BCUT2D eigenvalue weighted by Gasteiger charge is 2.12. The molecule has 0 aromatic heterocycles. The summed E-state index contributed by atoms with van der Waals surface area (Å²) >= 11 is 0. The summed E-state index contributed by atoms with van der Waals surface area (Å²) in [5.41, 5.74) is 5.10. The zero-order valence-corrected chi connectivity index (χ0v) is 15.4. The van der Waals surface area contributed by atoms with Gasteiger partial charge in [-0.3, -0.25) is 20.4 Å². The Balaban J connectivity index is 2.47. The first-order valence-electron chi connectivity index (χ1n) is 8.45. The summed E-state index contributed by atoms with van der Waals surface area (Å²) in [4.78, 5) is 23.8. The van der Waals surface area contributed by atoms with Crippen molar-refractivity contribution in [3.8, 4) is 11.5 Å². The summed E-state index contributed by atoms with van der Waals surface area (Å²) in [6.45, 7) is 7.56. The third-order valence-corrected chi connectivity index (χ3v) is 3.13. The molecule has 0 radical (unpaired) electrons. The first kappa shape index (κ1) is 20.8. The summed E-state index contributed by atoms with van der Waals surface area (Å²) < 4.78 is 16.1. The molecule has 1 rings (SSSR count). The monoisotopic (exact) mass is 352 g/mol. The Bertz CT molecular complexity index is 560. The van der Waals surface area contributed by atoms with Crippen molar-refractivity contribution in [2.24, 2.45) is 5.92 Å². The van der Waals surface area contributed by atoms with Gasteiger partial charge in [0.1, 0.15) is 0 Å². The van der Waals surface area contributed by atoms with Crippen LogP contribution in [0.5, 0.6) is 11.5 Å². The van der Waals surface area contributed by atoms with Crippen LogP contribution in [-0.4, -0.2) is 38.7 Å². The molecule has 0 bridgehead atoms. The summed E-state index contributed by atoms with van der Waals surface area (Å²) in [7, 11) is 1.51. The number of methoxy groups -OCH3 is 1. The minimum Gasteiger partial charge on any atom is -0.493 e. The molecule has 7 nitrogen and oxygen atoms in total. The Labute approximate surface area is 149 Å². The molecule has 1 aromatic rings. The lowest BCUT2D eigenvalue weighted by atomic mass is 10.2. The van der Waals surface area contributed by atoms with Crippen LogP contribution in [0.1, 0.15) is 44.0 Å². The van der Waals surface area contributed by atoms with E-state index >= 15 is 0 Å². The second kappa shape index (κ2) is 11.3. The number of hydrazine groups is 1. The van der Waals surface area contributed by atoms with Crippen molar-refractivity contribution < 1.29 is 23.8 Å². The van der Waals surface area contributed by atoms with Crippen LogP contribution in [0.15, 0.2) is 18.2 Å². The number of amides is 2. The van der Waals surface area contributed by atoms with Crippen LogP contribution >= 0.6 is 0 Å². The predicted molar refractivity (Wildman–Crippen MR) is 94.7 cm³/mol. The molecule has 0 aliphatic heterocycles. The van der Waals surface area contributed by atoms with Gasteiger partial charge in [0.15, 0.2) is 11.5 Å². The highest BCUT2D eigenvalue weighted by Crippen LogP contribution is 2.28. The average Bonchev–Trinajstić information content (AvgIpc) is 2.61. The zero-order chi connectivity index (χ0) is 18.7. The minimum atomic E-state index is -0.434. The molecule has 25 heavy (non-hydrogen) atoms. The van der Waals surface area contributed by atoms with E-state index in [0.29, 0.717) is 42.8 Å². The Morgan fingerprint density at radius 1 is 1.12 bits per heavy atom. The highest BCUT2D eigenvalue weighted by molar-refractivity contribution is 5.96. The first-order valence-corrected chi connectivity index (χ1v) is 8.45. The van der Waals surface area contributed by atoms with Gasteiger partial charge in [0, 0.05) is 12.2 Å². The van der Waals surface area contributed by atoms with E-state index in [1.165, 1.54) is 7.11 Å². The van der Waals surface area contributed by atoms with Gasteiger partial charge in [-0.2, -0.15) is 0 Å². The lowest BCUT2D eigenvalue weighted by Gasteiger charge is -2.12. The molecule has 0 unspecified atom stereocenters. The van der Waals surface area contributed by atoms with Crippen molar-refractivity contribution in [1.82, 2.24) is 10.9 Å². The van der Waals surface area contributed by atoms with Crippen LogP contribution in [0.4, 0.5) is 0 Å². The minimum absolute atomic E-state index is 0.181. The van der Waals surface area contributed by atoms with E-state index in [1.807, 2.05) is 20.8 Å². The lowest BCUT2D eigenvalue weighted by molar-refractivity contribution is -0.123.